The predicted octanol–water partition coefficient (Wildman–Crippen LogP) is 23.1. The SMILES string of the molecule is CCCCC/C=C\C/C=C\CCCCCCCCCCCC(=O)OCCCCCCCCCCCCCCCCCCCCCCCCC(=O)NC(CO)C(O)/C=C/CCCCCCCCCCCCCCCCCCCCC. The monoisotopic (exact) mass is 1110 g/mol. The Hall–Kier alpha value is -1.92. The van der Waals surface area contributed by atoms with Crippen molar-refractivity contribution in [3.05, 3.63) is 36.5 Å². The first-order valence-electron chi connectivity index (χ1n) is 35.8. The zero-order valence-corrected chi connectivity index (χ0v) is 53.4. The first kappa shape index (κ1) is 77.1. The van der Waals surface area contributed by atoms with Gasteiger partial charge in [-0.2, -0.15) is 0 Å². The minimum absolute atomic E-state index is 0.00962. The maximum absolute atomic E-state index is 12.5. The lowest BCUT2D eigenvalue weighted by Gasteiger charge is -2.20. The van der Waals surface area contributed by atoms with Crippen molar-refractivity contribution in [3.8, 4) is 0 Å². The number of aliphatic hydroxyl groups excluding tert-OH is 2. The van der Waals surface area contributed by atoms with Crippen LogP contribution >= 0.6 is 0 Å². The molecular formula is C73H139NO5. The predicted molar refractivity (Wildman–Crippen MR) is 347 cm³/mol. The van der Waals surface area contributed by atoms with Crippen LogP contribution in [0.4, 0.5) is 0 Å². The number of esters is 1. The number of hydrogen-bond donors (Lipinski definition) is 3. The highest BCUT2D eigenvalue weighted by Gasteiger charge is 2.18. The molecule has 6 heteroatoms. The molecular weight excluding hydrogens is 971 g/mol. The lowest BCUT2D eigenvalue weighted by Crippen LogP contribution is -2.45. The third-order valence-electron chi connectivity index (χ3n) is 16.7. The fourth-order valence-electron chi connectivity index (χ4n) is 11.2. The molecule has 79 heavy (non-hydrogen) atoms. The molecule has 0 aromatic heterocycles. The van der Waals surface area contributed by atoms with E-state index in [0.717, 1.165) is 51.4 Å². The zero-order chi connectivity index (χ0) is 57.1. The van der Waals surface area contributed by atoms with Crippen LogP contribution < -0.4 is 5.32 Å². The van der Waals surface area contributed by atoms with Crippen molar-refractivity contribution in [1.29, 1.82) is 0 Å². The van der Waals surface area contributed by atoms with Gasteiger partial charge in [-0.1, -0.05) is 352 Å². The van der Waals surface area contributed by atoms with E-state index in [9.17, 15) is 19.8 Å². The Kier molecular flexibility index (Phi) is 66.9. The molecule has 0 saturated heterocycles. The Morgan fingerprint density at radius 2 is 0.633 bits per heavy atom. The average molecular weight is 1110 g/mol. The summed E-state index contributed by atoms with van der Waals surface area (Å²) >= 11 is 0. The fraction of sp³-hybridized carbons (Fsp3) is 0.890. The smallest absolute Gasteiger partial charge is 0.305 e. The van der Waals surface area contributed by atoms with Gasteiger partial charge >= 0.3 is 5.97 Å². The highest BCUT2D eigenvalue weighted by molar-refractivity contribution is 5.76. The maximum Gasteiger partial charge on any atom is 0.305 e. The first-order valence-corrected chi connectivity index (χ1v) is 35.8. The molecule has 0 spiro atoms. The number of unbranched alkanes of at least 4 members (excludes halogenated alkanes) is 52. The van der Waals surface area contributed by atoms with Crippen LogP contribution in [0.15, 0.2) is 36.5 Å². The van der Waals surface area contributed by atoms with E-state index in [1.807, 2.05) is 6.08 Å². The lowest BCUT2D eigenvalue weighted by molar-refractivity contribution is -0.143. The van der Waals surface area contributed by atoms with E-state index in [2.05, 4.69) is 43.5 Å². The number of nitrogens with one attached hydrogen (secondary N) is 1. The van der Waals surface area contributed by atoms with E-state index in [-0.39, 0.29) is 18.5 Å². The van der Waals surface area contributed by atoms with Crippen LogP contribution in [0.1, 0.15) is 393 Å². The molecule has 0 saturated carbocycles. The maximum atomic E-state index is 12.5. The summed E-state index contributed by atoms with van der Waals surface area (Å²) in [7, 11) is 0. The van der Waals surface area contributed by atoms with Gasteiger partial charge in [0.25, 0.3) is 0 Å². The van der Waals surface area contributed by atoms with E-state index in [4.69, 9.17) is 4.74 Å². The van der Waals surface area contributed by atoms with Crippen LogP contribution in [-0.2, 0) is 14.3 Å². The molecule has 0 aliphatic rings. The average Bonchev–Trinajstić information content (AvgIpc) is 3.45. The van der Waals surface area contributed by atoms with Crippen molar-refractivity contribution in [2.75, 3.05) is 13.2 Å². The van der Waals surface area contributed by atoms with E-state index in [1.165, 1.54) is 315 Å². The summed E-state index contributed by atoms with van der Waals surface area (Å²) in [5.74, 6) is -0.0549. The summed E-state index contributed by atoms with van der Waals surface area (Å²) < 4.78 is 5.51. The minimum atomic E-state index is -0.846. The van der Waals surface area contributed by atoms with Crippen LogP contribution in [0.5, 0.6) is 0 Å². The summed E-state index contributed by atoms with van der Waals surface area (Å²) in [6, 6.07) is -0.629. The largest absolute Gasteiger partial charge is 0.466 e. The molecule has 0 bridgehead atoms. The molecule has 6 nitrogen and oxygen atoms in total. The number of aliphatic hydroxyl groups is 2. The third-order valence-corrected chi connectivity index (χ3v) is 16.7. The van der Waals surface area contributed by atoms with Gasteiger partial charge in [-0.25, -0.2) is 0 Å². The van der Waals surface area contributed by atoms with Crippen molar-refractivity contribution in [2.24, 2.45) is 0 Å². The molecule has 0 radical (unpaired) electrons. The van der Waals surface area contributed by atoms with Crippen molar-refractivity contribution in [2.45, 2.75) is 405 Å². The number of hydrogen-bond acceptors (Lipinski definition) is 5. The van der Waals surface area contributed by atoms with Gasteiger partial charge in [0.05, 0.1) is 25.4 Å². The standard InChI is InChI=1S/C73H139NO5/c1-3-5-7-9-11-13-15-17-19-21-23-26-30-33-37-41-45-49-53-57-61-65-71(76)70(69-75)74-72(77)66-62-58-54-50-46-42-38-34-31-27-24-25-28-32-36-40-44-48-52-56-60-64-68-79-73(78)67-63-59-55-51-47-43-39-35-29-22-20-18-16-14-12-10-8-6-4-2/h12,14,18,20,61,65,70-71,75-76H,3-11,13,15-17,19,21-60,62-64,66-69H2,1-2H3,(H,74,77)/b14-12-,20-18-,65-61+. The van der Waals surface area contributed by atoms with E-state index < -0.39 is 12.1 Å². The Morgan fingerprint density at radius 3 is 0.987 bits per heavy atom. The number of rotatable bonds is 67. The van der Waals surface area contributed by atoms with E-state index in [1.54, 1.807) is 6.08 Å². The van der Waals surface area contributed by atoms with Gasteiger partial charge in [0.2, 0.25) is 5.91 Å². The van der Waals surface area contributed by atoms with Crippen molar-refractivity contribution < 1.29 is 24.5 Å². The Balaban J connectivity index is 3.40. The Labute approximate surface area is 494 Å². The molecule has 2 unspecified atom stereocenters. The zero-order valence-electron chi connectivity index (χ0n) is 53.4. The second kappa shape index (κ2) is 68.6. The van der Waals surface area contributed by atoms with Crippen LogP contribution in [0.3, 0.4) is 0 Å². The van der Waals surface area contributed by atoms with Crippen molar-refractivity contribution in [3.63, 3.8) is 0 Å². The van der Waals surface area contributed by atoms with Gasteiger partial charge in [-0.15, -0.1) is 0 Å². The second-order valence-corrected chi connectivity index (χ2v) is 24.6. The third kappa shape index (κ3) is 65.1. The minimum Gasteiger partial charge on any atom is -0.466 e. The summed E-state index contributed by atoms with van der Waals surface area (Å²) in [5.41, 5.74) is 0. The van der Waals surface area contributed by atoms with Gasteiger partial charge in [0, 0.05) is 12.8 Å². The quantitative estimate of drug-likeness (QED) is 0.0320. The van der Waals surface area contributed by atoms with E-state index in [0.29, 0.717) is 19.4 Å². The van der Waals surface area contributed by atoms with Gasteiger partial charge in [-0.05, 0) is 64.2 Å². The molecule has 2 atom stereocenters. The highest BCUT2D eigenvalue weighted by atomic mass is 16.5. The van der Waals surface area contributed by atoms with Crippen LogP contribution in [0.25, 0.3) is 0 Å². The van der Waals surface area contributed by atoms with Gasteiger partial charge < -0.3 is 20.3 Å². The van der Waals surface area contributed by atoms with Crippen LogP contribution in [-0.4, -0.2) is 47.4 Å². The molecule has 0 rings (SSSR count). The molecule has 0 aromatic rings. The summed E-state index contributed by atoms with van der Waals surface area (Å²) in [5, 5.41) is 23.3. The number of carbonyl (C=O) groups excluding carboxylic acids is 2. The highest BCUT2D eigenvalue weighted by Crippen LogP contribution is 2.19. The molecule has 0 heterocycles. The molecule has 0 aromatic carbocycles. The van der Waals surface area contributed by atoms with Gasteiger partial charge in [-0.3, -0.25) is 9.59 Å². The number of allylic oxidation sites excluding steroid dienone is 5. The fourth-order valence-corrected chi connectivity index (χ4v) is 11.2. The normalized spacial score (nSPS) is 12.7. The second-order valence-electron chi connectivity index (χ2n) is 24.6. The molecule has 0 fully saturated rings. The van der Waals surface area contributed by atoms with Gasteiger partial charge in [0.15, 0.2) is 0 Å². The Bertz CT molecular complexity index is 1280. The van der Waals surface area contributed by atoms with E-state index >= 15 is 0 Å². The summed E-state index contributed by atoms with van der Waals surface area (Å²) in [6.07, 6.45) is 87.9. The van der Waals surface area contributed by atoms with Gasteiger partial charge in [0.1, 0.15) is 0 Å². The van der Waals surface area contributed by atoms with Crippen LogP contribution in [0, 0.1) is 0 Å². The van der Waals surface area contributed by atoms with Crippen molar-refractivity contribution in [1.82, 2.24) is 5.32 Å². The number of ether oxygens (including phenoxy) is 1. The topological polar surface area (TPSA) is 95.9 Å². The molecule has 466 valence electrons. The van der Waals surface area contributed by atoms with Crippen LogP contribution in [0.2, 0.25) is 0 Å². The lowest BCUT2D eigenvalue weighted by atomic mass is 10.0. The molecule has 0 aliphatic carbocycles. The first-order chi connectivity index (χ1) is 39.0. The molecule has 1 amide bonds. The number of amides is 1. The number of carbonyl (C=O) groups is 2. The molecule has 3 N–H and O–H groups in total. The molecule has 0 aliphatic heterocycles. The summed E-state index contributed by atoms with van der Waals surface area (Å²) in [4.78, 5) is 24.6. The summed E-state index contributed by atoms with van der Waals surface area (Å²) in [6.45, 7) is 4.91. The van der Waals surface area contributed by atoms with Crippen molar-refractivity contribution >= 4 is 11.9 Å². The Morgan fingerprint density at radius 1 is 0.354 bits per heavy atom.